The molecule has 2 aliphatic heterocycles. The van der Waals surface area contributed by atoms with E-state index in [9.17, 15) is 32.8 Å². The molecule has 16 nitrogen and oxygen atoms in total. The molecule has 0 aromatic carbocycles. The summed E-state index contributed by atoms with van der Waals surface area (Å²) < 4.78 is 34.9. The molecule has 34 heavy (non-hydrogen) atoms. The Balaban J connectivity index is 1.74. The van der Waals surface area contributed by atoms with Crippen molar-refractivity contribution < 1.29 is 46.5 Å². The summed E-state index contributed by atoms with van der Waals surface area (Å²) in [5.41, 5.74) is 3.81. The maximum atomic E-state index is 12.9. The van der Waals surface area contributed by atoms with Gasteiger partial charge in [-0.25, -0.2) is 4.98 Å². The summed E-state index contributed by atoms with van der Waals surface area (Å²) in [6.45, 7) is 1.87. The van der Waals surface area contributed by atoms with Crippen LogP contribution >= 0.6 is 11.3 Å². The molecule has 186 valence electrons. The van der Waals surface area contributed by atoms with Gasteiger partial charge in [-0.1, -0.05) is 5.16 Å². The minimum atomic E-state index is -4.97. The molecular weight excluding hydrogens is 500 g/mol. The summed E-state index contributed by atoms with van der Waals surface area (Å²) in [5, 5.41) is 18.4. The standard InChI is InChI=1S/C16H20N6O10S2/c1-16(2)12(14(26)22(16)32-34(28,29)30)19-13(25)11(8-6-33-15(17)18-8)20-31-5-7-3-9(23)10(24)4-21(7)27/h6-7,12,27H,3-5H2,1-2H3,(H2,17,18)(H,19,25)(H,28,29,30)/t7?,12-/m1/s1. The van der Waals surface area contributed by atoms with Crippen LogP contribution in [-0.4, -0.2) is 93.2 Å². The molecule has 3 rings (SSSR count). The zero-order valence-electron chi connectivity index (χ0n) is 17.7. The molecule has 18 heteroatoms. The summed E-state index contributed by atoms with van der Waals surface area (Å²) in [4.78, 5) is 57.2. The quantitative estimate of drug-likeness (QED) is 0.0946. The van der Waals surface area contributed by atoms with E-state index in [1.165, 1.54) is 19.2 Å². The lowest BCUT2D eigenvalue weighted by Gasteiger charge is -2.50. The van der Waals surface area contributed by atoms with Gasteiger partial charge < -0.3 is 21.1 Å². The Bertz CT molecular complexity index is 1160. The van der Waals surface area contributed by atoms with Gasteiger partial charge in [-0.3, -0.25) is 23.7 Å². The average molecular weight is 521 g/mol. The number of hydroxylamine groups is 4. The molecule has 2 fully saturated rings. The van der Waals surface area contributed by atoms with Crippen molar-refractivity contribution in [2.24, 2.45) is 5.16 Å². The SMILES string of the molecule is CC1(C)[C@H](NC(=O)C(=NOCC2CC(=O)C(=O)CN2O)c2csc(N)n2)C(=O)N1OS(=O)(=O)O. The molecule has 2 aliphatic rings. The number of nitrogens with two attached hydrogens (primary N) is 1. The number of nitrogen functional groups attached to an aromatic ring is 1. The molecule has 2 amide bonds. The molecule has 1 unspecified atom stereocenters. The van der Waals surface area contributed by atoms with Crippen LogP contribution in [-0.2, 0) is 38.7 Å². The number of oxime groups is 1. The smallest absolute Gasteiger partial charge is 0.393 e. The Hall–Kier alpha value is -3.03. The molecule has 0 spiro atoms. The highest BCUT2D eigenvalue weighted by Gasteiger charge is 2.58. The topological polar surface area (TPSA) is 231 Å². The van der Waals surface area contributed by atoms with Crippen LogP contribution < -0.4 is 11.1 Å². The first-order chi connectivity index (χ1) is 15.7. The second-order valence-corrected chi connectivity index (χ2v) is 9.70. The van der Waals surface area contributed by atoms with Crippen molar-refractivity contribution in [3.05, 3.63) is 11.1 Å². The number of β-lactam (4-membered cyclic amide) rings is 1. The normalized spacial score (nSPS) is 23.6. The fraction of sp³-hybridized carbons (Fsp3) is 0.500. The van der Waals surface area contributed by atoms with Crippen LogP contribution in [0.4, 0.5) is 5.13 Å². The van der Waals surface area contributed by atoms with Crippen molar-refractivity contribution in [2.45, 2.75) is 37.9 Å². The molecule has 2 saturated heterocycles. The summed E-state index contributed by atoms with van der Waals surface area (Å²) in [7, 11) is -4.97. The van der Waals surface area contributed by atoms with Gasteiger partial charge in [-0.2, -0.15) is 18.5 Å². The second kappa shape index (κ2) is 9.31. The number of piperidine rings is 1. The maximum absolute atomic E-state index is 12.9. The van der Waals surface area contributed by atoms with E-state index >= 15 is 0 Å². The number of nitrogens with one attached hydrogen (secondary N) is 1. The number of hydrogen-bond acceptors (Lipinski definition) is 14. The third kappa shape index (κ3) is 5.37. The predicted molar refractivity (Wildman–Crippen MR) is 111 cm³/mol. The number of amides is 2. The Morgan fingerprint density at radius 1 is 1.38 bits per heavy atom. The lowest BCUT2D eigenvalue weighted by molar-refractivity contribution is -0.218. The van der Waals surface area contributed by atoms with Gasteiger partial charge in [0.1, 0.15) is 18.3 Å². The van der Waals surface area contributed by atoms with E-state index in [4.69, 9.17) is 15.1 Å². The van der Waals surface area contributed by atoms with Gasteiger partial charge in [0.05, 0.1) is 18.1 Å². The second-order valence-electron chi connectivity index (χ2n) is 7.80. The lowest BCUT2D eigenvalue weighted by atomic mass is 9.84. The van der Waals surface area contributed by atoms with Crippen LogP contribution in [0.1, 0.15) is 26.0 Å². The first-order valence-corrected chi connectivity index (χ1v) is 11.7. The van der Waals surface area contributed by atoms with Crippen molar-refractivity contribution in [3.63, 3.8) is 0 Å². The van der Waals surface area contributed by atoms with Crippen molar-refractivity contribution >= 4 is 56.0 Å². The van der Waals surface area contributed by atoms with Gasteiger partial charge in [-0.05, 0) is 13.8 Å². The highest BCUT2D eigenvalue weighted by molar-refractivity contribution is 7.80. The Morgan fingerprint density at radius 2 is 2.06 bits per heavy atom. The van der Waals surface area contributed by atoms with Gasteiger partial charge in [0.25, 0.3) is 11.8 Å². The van der Waals surface area contributed by atoms with Gasteiger partial charge >= 0.3 is 10.4 Å². The molecule has 3 heterocycles. The van der Waals surface area contributed by atoms with E-state index in [1.807, 2.05) is 0 Å². The van der Waals surface area contributed by atoms with Crippen molar-refractivity contribution in [3.8, 4) is 0 Å². The van der Waals surface area contributed by atoms with Crippen LogP contribution in [0.5, 0.6) is 0 Å². The Morgan fingerprint density at radius 3 is 2.62 bits per heavy atom. The van der Waals surface area contributed by atoms with Crippen molar-refractivity contribution in [1.29, 1.82) is 0 Å². The number of hydrogen-bond donors (Lipinski definition) is 4. The number of nitrogens with zero attached hydrogens (tertiary/aromatic N) is 4. The van der Waals surface area contributed by atoms with E-state index in [1.54, 1.807) is 0 Å². The number of thiazole rings is 1. The zero-order chi connectivity index (χ0) is 25.4. The minimum absolute atomic E-state index is 0.00799. The summed E-state index contributed by atoms with van der Waals surface area (Å²) in [5.74, 6) is -3.34. The average Bonchev–Trinajstić information content (AvgIpc) is 3.16. The molecule has 0 bridgehead atoms. The molecule has 0 saturated carbocycles. The number of aromatic nitrogens is 1. The monoisotopic (exact) mass is 520 g/mol. The van der Waals surface area contributed by atoms with E-state index in [0.717, 1.165) is 11.3 Å². The molecule has 0 aliphatic carbocycles. The third-order valence-corrected chi connectivity index (χ3v) is 5.99. The number of Topliss-reactive ketones (excluding diaryl/α,β-unsaturated/α-hetero) is 2. The van der Waals surface area contributed by atoms with E-state index < -0.39 is 63.7 Å². The first-order valence-electron chi connectivity index (χ1n) is 9.45. The van der Waals surface area contributed by atoms with Crippen molar-refractivity contribution in [1.82, 2.24) is 20.4 Å². The van der Waals surface area contributed by atoms with E-state index in [2.05, 4.69) is 19.7 Å². The molecule has 0 radical (unpaired) electrons. The van der Waals surface area contributed by atoms with Crippen LogP contribution in [0, 0.1) is 0 Å². The third-order valence-electron chi connectivity index (χ3n) is 4.98. The first kappa shape index (κ1) is 25.6. The summed E-state index contributed by atoms with van der Waals surface area (Å²) in [6, 6.07) is -2.16. The lowest BCUT2D eigenvalue weighted by Crippen LogP contribution is -2.76. The number of carbonyl (C=O) groups is 4. The van der Waals surface area contributed by atoms with Crippen LogP contribution in [0.15, 0.2) is 10.5 Å². The number of carbonyl (C=O) groups excluding carboxylic acids is 4. The van der Waals surface area contributed by atoms with Crippen LogP contribution in [0.25, 0.3) is 0 Å². The highest BCUT2D eigenvalue weighted by Crippen LogP contribution is 2.32. The largest absolute Gasteiger partial charge is 0.418 e. The van der Waals surface area contributed by atoms with E-state index in [-0.39, 0.29) is 23.9 Å². The van der Waals surface area contributed by atoms with Gasteiger partial charge in [0.15, 0.2) is 10.8 Å². The Labute approximate surface area is 196 Å². The van der Waals surface area contributed by atoms with E-state index in [0.29, 0.717) is 10.1 Å². The molecule has 5 N–H and O–H groups in total. The van der Waals surface area contributed by atoms with Crippen molar-refractivity contribution in [2.75, 3.05) is 18.9 Å². The summed E-state index contributed by atoms with van der Waals surface area (Å²) >= 11 is 0.989. The van der Waals surface area contributed by atoms with Gasteiger partial charge in [-0.15, -0.1) is 15.6 Å². The molecule has 1 aromatic heterocycles. The molecule has 2 atom stereocenters. The van der Waals surface area contributed by atoms with Gasteiger partial charge in [0, 0.05) is 11.8 Å². The minimum Gasteiger partial charge on any atom is -0.393 e. The number of anilines is 1. The van der Waals surface area contributed by atoms with Gasteiger partial charge in [0.2, 0.25) is 11.6 Å². The number of ketones is 2. The zero-order valence-corrected chi connectivity index (χ0v) is 19.3. The maximum Gasteiger partial charge on any atom is 0.418 e. The Kier molecular flexibility index (Phi) is 7.01. The summed E-state index contributed by atoms with van der Waals surface area (Å²) in [6.07, 6.45) is -0.315. The number of rotatable bonds is 8. The van der Waals surface area contributed by atoms with Crippen LogP contribution in [0.2, 0.25) is 0 Å². The molecule has 1 aromatic rings. The fourth-order valence-corrected chi connectivity index (χ4v) is 4.15. The highest BCUT2D eigenvalue weighted by atomic mass is 32.3. The van der Waals surface area contributed by atoms with Crippen LogP contribution in [0.3, 0.4) is 0 Å². The fourth-order valence-electron chi connectivity index (χ4n) is 3.15. The molecular formula is C16H20N6O10S2. The predicted octanol–water partition coefficient (Wildman–Crippen LogP) is -2.11.